The Balaban J connectivity index is 1.59. The molecule has 0 fully saturated rings. The Morgan fingerprint density at radius 1 is 0.971 bits per heavy atom. The molecular formula is C25H22BrClN4O4. The normalized spacial score (nSPS) is 10.6. The SMILES string of the molecule is CCc1ccccc1NC(=O)C(=O)N/N=C\c1cc(Br)ccc1OCC(=O)Nc1ccccc1Cl. The van der Waals surface area contributed by atoms with Gasteiger partial charge in [0.25, 0.3) is 5.91 Å². The van der Waals surface area contributed by atoms with Crippen LogP contribution in [0.5, 0.6) is 5.75 Å². The lowest BCUT2D eigenvalue weighted by molar-refractivity contribution is -0.136. The molecule has 0 saturated carbocycles. The van der Waals surface area contributed by atoms with Crippen LogP contribution in [0.15, 0.2) is 76.3 Å². The van der Waals surface area contributed by atoms with Gasteiger partial charge in [0.2, 0.25) is 0 Å². The van der Waals surface area contributed by atoms with Crippen LogP contribution in [0.2, 0.25) is 5.02 Å². The van der Waals surface area contributed by atoms with E-state index in [1.165, 1.54) is 6.21 Å². The molecular weight excluding hydrogens is 536 g/mol. The highest BCUT2D eigenvalue weighted by molar-refractivity contribution is 9.10. The Bertz CT molecular complexity index is 1270. The summed E-state index contributed by atoms with van der Waals surface area (Å²) in [7, 11) is 0. The van der Waals surface area contributed by atoms with Crippen molar-refractivity contribution in [1.29, 1.82) is 0 Å². The lowest BCUT2D eigenvalue weighted by Gasteiger charge is -2.11. The first-order valence-corrected chi connectivity index (χ1v) is 11.7. The number of halogens is 2. The van der Waals surface area contributed by atoms with Crippen LogP contribution in [-0.2, 0) is 20.8 Å². The summed E-state index contributed by atoms with van der Waals surface area (Å²) in [6, 6.07) is 19.1. The molecule has 0 bridgehead atoms. The van der Waals surface area contributed by atoms with E-state index in [0.29, 0.717) is 34.1 Å². The van der Waals surface area contributed by atoms with Crippen LogP contribution in [0.1, 0.15) is 18.1 Å². The van der Waals surface area contributed by atoms with Crippen LogP contribution in [0.3, 0.4) is 0 Å². The quantitative estimate of drug-likeness (QED) is 0.211. The van der Waals surface area contributed by atoms with Crippen molar-refractivity contribution in [3.8, 4) is 5.75 Å². The molecule has 0 radical (unpaired) electrons. The molecule has 10 heteroatoms. The summed E-state index contributed by atoms with van der Waals surface area (Å²) in [4.78, 5) is 36.6. The number of nitrogens with one attached hydrogen (secondary N) is 3. The van der Waals surface area contributed by atoms with Crippen LogP contribution >= 0.6 is 27.5 Å². The molecule has 3 amide bonds. The summed E-state index contributed by atoms with van der Waals surface area (Å²) in [5, 5.41) is 9.51. The standard InChI is InChI=1S/C25H22BrClN4O4/c1-2-16-7-3-5-9-20(16)30-24(33)25(34)31-28-14-17-13-18(26)11-12-22(17)35-15-23(32)29-21-10-6-4-8-19(21)27/h3-14H,2,15H2,1H3,(H,29,32)(H,30,33)(H,31,34)/b28-14-. The van der Waals surface area contributed by atoms with Crippen LogP contribution in [0.25, 0.3) is 0 Å². The molecule has 0 aromatic heterocycles. The number of nitrogens with zero attached hydrogens (tertiary/aromatic N) is 1. The van der Waals surface area contributed by atoms with E-state index in [9.17, 15) is 14.4 Å². The largest absolute Gasteiger partial charge is 0.483 e. The number of carbonyl (C=O) groups excluding carboxylic acids is 3. The van der Waals surface area contributed by atoms with Crippen LogP contribution in [-0.4, -0.2) is 30.5 Å². The highest BCUT2D eigenvalue weighted by Gasteiger charge is 2.14. The summed E-state index contributed by atoms with van der Waals surface area (Å²) >= 11 is 9.41. The lowest BCUT2D eigenvalue weighted by atomic mass is 10.1. The number of rotatable bonds is 8. The maximum absolute atomic E-state index is 12.3. The molecule has 3 aromatic rings. The number of hydrogen-bond donors (Lipinski definition) is 3. The van der Waals surface area contributed by atoms with Gasteiger partial charge in [-0.05, 0) is 48.4 Å². The molecule has 3 rings (SSSR count). The monoisotopic (exact) mass is 556 g/mol. The Hall–Kier alpha value is -3.69. The predicted octanol–water partition coefficient (Wildman–Crippen LogP) is 4.77. The molecule has 0 aliphatic carbocycles. The number of para-hydroxylation sites is 2. The zero-order valence-electron chi connectivity index (χ0n) is 18.7. The molecule has 8 nitrogen and oxygen atoms in total. The number of ether oxygens (including phenoxy) is 1. The van der Waals surface area contributed by atoms with Crippen molar-refractivity contribution in [3.05, 3.63) is 87.4 Å². The molecule has 3 N–H and O–H groups in total. The average molecular weight is 558 g/mol. The van der Waals surface area contributed by atoms with E-state index in [1.807, 2.05) is 19.1 Å². The van der Waals surface area contributed by atoms with E-state index in [1.54, 1.807) is 54.6 Å². The highest BCUT2D eigenvalue weighted by Crippen LogP contribution is 2.23. The first-order valence-electron chi connectivity index (χ1n) is 10.6. The van der Waals surface area contributed by atoms with E-state index in [4.69, 9.17) is 16.3 Å². The van der Waals surface area contributed by atoms with Gasteiger partial charge < -0.3 is 15.4 Å². The fourth-order valence-electron chi connectivity index (χ4n) is 2.98. The summed E-state index contributed by atoms with van der Waals surface area (Å²) < 4.78 is 6.35. The second-order valence-corrected chi connectivity index (χ2v) is 8.49. The highest BCUT2D eigenvalue weighted by atomic mass is 79.9. The van der Waals surface area contributed by atoms with Gasteiger partial charge in [-0.2, -0.15) is 5.10 Å². The van der Waals surface area contributed by atoms with E-state index >= 15 is 0 Å². The average Bonchev–Trinajstić information content (AvgIpc) is 2.85. The van der Waals surface area contributed by atoms with Gasteiger partial charge in [-0.25, -0.2) is 5.43 Å². The minimum atomic E-state index is -0.927. The van der Waals surface area contributed by atoms with E-state index in [0.717, 1.165) is 10.0 Å². The van der Waals surface area contributed by atoms with E-state index in [-0.39, 0.29) is 6.61 Å². The molecule has 0 heterocycles. The predicted molar refractivity (Wildman–Crippen MR) is 140 cm³/mol. The Labute approximate surface area is 215 Å². The molecule has 0 aliphatic rings. The number of anilines is 2. The fourth-order valence-corrected chi connectivity index (χ4v) is 3.55. The van der Waals surface area contributed by atoms with Crippen molar-refractivity contribution < 1.29 is 19.1 Å². The molecule has 0 spiro atoms. The Kier molecular flexibility index (Phi) is 9.39. The summed E-state index contributed by atoms with van der Waals surface area (Å²) in [5.41, 5.74) is 4.62. The molecule has 0 unspecified atom stereocenters. The van der Waals surface area contributed by atoms with Crippen LogP contribution < -0.4 is 20.8 Å². The topological polar surface area (TPSA) is 109 Å². The fraction of sp³-hybridized carbons (Fsp3) is 0.120. The molecule has 35 heavy (non-hydrogen) atoms. The summed E-state index contributed by atoms with van der Waals surface area (Å²) in [6.45, 7) is 1.67. The van der Waals surface area contributed by atoms with Gasteiger partial charge in [0.1, 0.15) is 5.75 Å². The van der Waals surface area contributed by atoms with Gasteiger partial charge in [0.15, 0.2) is 6.61 Å². The molecule has 0 aliphatic heterocycles. The minimum absolute atomic E-state index is 0.278. The number of hydrazone groups is 1. The minimum Gasteiger partial charge on any atom is -0.483 e. The maximum atomic E-state index is 12.3. The van der Waals surface area contributed by atoms with Crippen molar-refractivity contribution in [2.45, 2.75) is 13.3 Å². The van der Waals surface area contributed by atoms with Crippen molar-refractivity contribution in [2.24, 2.45) is 5.10 Å². The summed E-state index contributed by atoms with van der Waals surface area (Å²) in [6.07, 6.45) is 2.02. The van der Waals surface area contributed by atoms with Gasteiger partial charge in [-0.15, -0.1) is 0 Å². The molecule has 0 atom stereocenters. The second-order valence-electron chi connectivity index (χ2n) is 7.16. The number of aryl methyl sites for hydroxylation is 1. The van der Waals surface area contributed by atoms with Crippen LogP contribution in [0.4, 0.5) is 11.4 Å². The van der Waals surface area contributed by atoms with Gasteiger partial charge in [0.05, 0.1) is 16.9 Å². The van der Waals surface area contributed by atoms with Crippen molar-refractivity contribution in [2.75, 3.05) is 17.2 Å². The lowest BCUT2D eigenvalue weighted by Crippen LogP contribution is -2.32. The van der Waals surface area contributed by atoms with E-state index < -0.39 is 17.7 Å². The van der Waals surface area contributed by atoms with Gasteiger partial charge in [0, 0.05) is 15.7 Å². The van der Waals surface area contributed by atoms with Crippen LogP contribution in [0, 0.1) is 0 Å². The van der Waals surface area contributed by atoms with Crippen molar-refractivity contribution in [3.63, 3.8) is 0 Å². The second kappa shape index (κ2) is 12.7. The number of hydrogen-bond acceptors (Lipinski definition) is 5. The smallest absolute Gasteiger partial charge is 0.329 e. The van der Waals surface area contributed by atoms with Crippen molar-refractivity contribution in [1.82, 2.24) is 5.43 Å². The molecule has 3 aromatic carbocycles. The first kappa shape index (κ1) is 25.9. The number of amides is 3. The third-order valence-corrected chi connectivity index (χ3v) is 5.52. The molecule has 0 saturated heterocycles. The van der Waals surface area contributed by atoms with E-state index in [2.05, 4.69) is 37.1 Å². The zero-order chi connectivity index (χ0) is 25.2. The zero-order valence-corrected chi connectivity index (χ0v) is 21.0. The Morgan fingerprint density at radius 3 is 2.43 bits per heavy atom. The third kappa shape index (κ3) is 7.66. The van der Waals surface area contributed by atoms with Gasteiger partial charge in [-0.1, -0.05) is 64.8 Å². The first-order chi connectivity index (χ1) is 16.9. The van der Waals surface area contributed by atoms with Crippen molar-refractivity contribution >= 4 is 62.8 Å². The maximum Gasteiger partial charge on any atom is 0.329 e. The summed E-state index contributed by atoms with van der Waals surface area (Å²) in [5.74, 6) is -1.82. The Morgan fingerprint density at radius 2 is 1.69 bits per heavy atom. The number of benzene rings is 3. The molecule has 180 valence electrons. The van der Waals surface area contributed by atoms with Gasteiger partial charge >= 0.3 is 11.8 Å². The third-order valence-electron chi connectivity index (χ3n) is 4.70. The number of carbonyl (C=O) groups is 3. The van der Waals surface area contributed by atoms with Gasteiger partial charge in [-0.3, -0.25) is 14.4 Å².